The van der Waals surface area contributed by atoms with E-state index in [0.717, 1.165) is 120 Å². The predicted molar refractivity (Wildman–Crippen MR) is 236 cm³/mol. The molecule has 1 aliphatic carbocycles. The second-order valence-electron chi connectivity index (χ2n) is 19.6. The smallest absolute Gasteiger partial charge is 0.255 e. The Kier molecular flexibility index (Phi) is 10.8. The first-order valence-electron chi connectivity index (χ1n) is 22.9. The van der Waals surface area contributed by atoms with Crippen LogP contribution in [0.25, 0.3) is 22.3 Å². The van der Waals surface area contributed by atoms with Crippen LogP contribution in [0.4, 0.5) is 15.9 Å². The number of piperidine rings is 3. The number of anilines is 2. The third-order valence-corrected chi connectivity index (χ3v) is 14.7. The van der Waals surface area contributed by atoms with E-state index in [1.807, 2.05) is 25.1 Å². The van der Waals surface area contributed by atoms with Crippen LogP contribution >= 0.6 is 0 Å². The second kappa shape index (κ2) is 16.3. The van der Waals surface area contributed by atoms with E-state index in [4.69, 9.17) is 9.47 Å². The average molecular weight is 863 g/mol. The van der Waals surface area contributed by atoms with Crippen LogP contribution in [-0.2, 0) is 16.1 Å². The van der Waals surface area contributed by atoms with Crippen molar-refractivity contribution in [2.24, 2.45) is 11.8 Å². The third-order valence-electron chi connectivity index (χ3n) is 14.7. The minimum absolute atomic E-state index is 0.0745. The number of imide groups is 1. The topological polar surface area (TPSA) is 152 Å². The number of H-pyrrole nitrogens is 1. The largest absolute Gasteiger partial charge is 0.494 e. The van der Waals surface area contributed by atoms with Gasteiger partial charge in [-0.2, -0.15) is 5.10 Å². The maximum absolute atomic E-state index is 14.9. The fourth-order valence-corrected chi connectivity index (χ4v) is 10.7. The molecule has 334 valence electrons. The van der Waals surface area contributed by atoms with Crippen LogP contribution in [0.1, 0.15) is 88.1 Å². The predicted octanol–water partition coefficient (Wildman–Crippen LogP) is 5.39. The molecule has 2 aromatic carbocycles. The van der Waals surface area contributed by atoms with Crippen molar-refractivity contribution in [2.45, 2.75) is 95.9 Å². The van der Waals surface area contributed by atoms with Crippen LogP contribution < -0.4 is 24.6 Å². The molecular weight excluding hydrogens is 804 g/mol. The maximum atomic E-state index is 14.9. The molecule has 6 aliphatic rings. The molecule has 5 aliphatic heterocycles. The molecule has 4 aromatic rings. The summed E-state index contributed by atoms with van der Waals surface area (Å²) < 4.78 is 26.8. The van der Waals surface area contributed by atoms with Crippen LogP contribution in [0.15, 0.2) is 36.7 Å². The number of ether oxygens (including phenoxy) is 2. The first-order valence-corrected chi connectivity index (χ1v) is 22.9. The Bertz CT molecular complexity index is 2420. The summed E-state index contributed by atoms with van der Waals surface area (Å²) in [5, 5.41) is 10.7. The minimum atomic E-state index is -0.652. The van der Waals surface area contributed by atoms with Crippen LogP contribution in [-0.4, -0.2) is 136 Å². The first-order chi connectivity index (χ1) is 30.3. The fraction of sp³-hybridized carbons (Fsp3) is 0.574. The SMILES string of the molecule is COc1c(N2CCC(CN3CCN(CC4CCN(c5cc(-c6n[nH]c7cc(F)c(OC8(C)CC8)cc67)ncn5)CC4)C(C)(C)C3)CC2)ccc2c1CN(C1CCC(=O)NC1=O)C2=O. The van der Waals surface area contributed by atoms with Crippen molar-refractivity contribution in [1.29, 1.82) is 0 Å². The normalized spacial score (nSPS) is 23.3. The summed E-state index contributed by atoms with van der Waals surface area (Å²) in [7, 11) is 1.65. The van der Waals surface area contributed by atoms with E-state index in [0.29, 0.717) is 53.0 Å². The zero-order valence-corrected chi connectivity index (χ0v) is 36.9. The summed E-state index contributed by atoms with van der Waals surface area (Å²) >= 11 is 0. The van der Waals surface area contributed by atoms with Crippen LogP contribution in [0.2, 0.25) is 0 Å². The van der Waals surface area contributed by atoms with E-state index in [1.54, 1.807) is 24.4 Å². The van der Waals surface area contributed by atoms with Crippen LogP contribution in [0, 0.1) is 17.7 Å². The Balaban J connectivity index is 0.702. The van der Waals surface area contributed by atoms with E-state index in [9.17, 15) is 18.8 Å². The number of amides is 3. The van der Waals surface area contributed by atoms with Gasteiger partial charge in [0.25, 0.3) is 5.91 Å². The van der Waals surface area contributed by atoms with Gasteiger partial charge in [-0.1, -0.05) is 0 Å². The van der Waals surface area contributed by atoms with Gasteiger partial charge < -0.3 is 24.2 Å². The molecule has 5 fully saturated rings. The summed E-state index contributed by atoms with van der Waals surface area (Å²) in [6.45, 7) is 16.2. The highest BCUT2D eigenvalue weighted by Crippen LogP contribution is 2.43. The Morgan fingerprint density at radius 1 is 0.873 bits per heavy atom. The average Bonchev–Trinajstić information content (AvgIpc) is 3.71. The summed E-state index contributed by atoms with van der Waals surface area (Å²) in [6.07, 6.45) is 8.38. The number of methoxy groups -OCH3 is 1. The molecule has 0 radical (unpaired) electrons. The lowest BCUT2D eigenvalue weighted by Gasteiger charge is -2.50. The minimum Gasteiger partial charge on any atom is -0.494 e. The zero-order valence-electron chi connectivity index (χ0n) is 36.9. The molecule has 1 unspecified atom stereocenters. The van der Waals surface area contributed by atoms with Crippen molar-refractivity contribution < 1.29 is 28.2 Å². The van der Waals surface area contributed by atoms with Gasteiger partial charge in [-0.3, -0.25) is 34.6 Å². The number of piperazine rings is 1. The number of rotatable bonds is 11. The first kappa shape index (κ1) is 41.6. The highest BCUT2D eigenvalue weighted by molar-refractivity contribution is 6.06. The molecule has 2 N–H and O–H groups in total. The Labute approximate surface area is 367 Å². The molecule has 16 heteroatoms. The third kappa shape index (κ3) is 8.20. The second-order valence-corrected chi connectivity index (χ2v) is 19.6. The van der Waals surface area contributed by atoms with Crippen molar-refractivity contribution in [2.75, 3.05) is 75.8 Å². The summed E-state index contributed by atoms with van der Waals surface area (Å²) in [5.41, 5.74) is 4.15. The number of aromatic amines is 1. The lowest BCUT2D eigenvalue weighted by molar-refractivity contribution is -0.136. The van der Waals surface area contributed by atoms with Gasteiger partial charge in [0.1, 0.15) is 35.2 Å². The molecule has 2 aromatic heterocycles. The molecule has 4 saturated heterocycles. The number of hydrogen-bond donors (Lipinski definition) is 2. The van der Waals surface area contributed by atoms with Crippen molar-refractivity contribution in [3.8, 4) is 22.9 Å². The molecule has 0 spiro atoms. The van der Waals surface area contributed by atoms with Crippen molar-refractivity contribution in [1.82, 2.24) is 40.2 Å². The lowest BCUT2D eigenvalue weighted by Crippen LogP contribution is -2.61. The molecule has 7 heterocycles. The molecule has 1 atom stereocenters. The lowest BCUT2D eigenvalue weighted by atomic mass is 9.90. The number of nitrogens with zero attached hydrogens (tertiary/aromatic N) is 8. The van der Waals surface area contributed by atoms with Gasteiger partial charge in [0, 0.05) is 99.5 Å². The highest BCUT2D eigenvalue weighted by atomic mass is 19.1. The van der Waals surface area contributed by atoms with Gasteiger partial charge in [-0.05, 0) is 95.8 Å². The quantitative estimate of drug-likeness (QED) is 0.186. The molecule has 0 bridgehead atoms. The van der Waals surface area contributed by atoms with E-state index in [-0.39, 0.29) is 35.1 Å². The van der Waals surface area contributed by atoms with Crippen molar-refractivity contribution in [3.63, 3.8) is 0 Å². The van der Waals surface area contributed by atoms with Gasteiger partial charge in [-0.25, -0.2) is 14.4 Å². The van der Waals surface area contributed by atoms with E-state index in [2.05, 4.69) is 58.9 Å². The number of aromatic nitrogens is 4. The van der Waals surface area contributed by atoms with Crippen molar-refractivity contribution >= 4 is 40.1 Å². The number of nitrogens with one attached hydrogen (secondary N) is 2. The Hall–Kier alpha value is -5.35. The number of carbonyl (C=O) groups is 3. The van der Waals surface area contributed by atoms with Gasteiger partial charge in [-0.15, -0.1) is 0 Å². The van der Waals surface area contributed by atoms with Crippen molar-refractivity contribution in [3.05, 3.63) is 53.6 Å². The number of carbonyl (C=O) groups excluding carboxylic acids is 3. The maximum Gasteiger partial charge on any atom is 0.255 e. The summed E-state index contributed by atoms with van der Waals surface area (Å²) in [6, 6.07) is 8.42. The summed E-state index contributed by atoms with van der Waals surface area (Å²) in [5.74, 6) is 1.80. The van der Waals surface area contributed by atoms with Gasteiger partial charge in [0.05, 0.1) is 30.6 Å². The monoisotopic (exact) mass is 862 g/mol. The number of benzene rings is 2. The highest BCUT2D eigenvalue weighted by Gasteiger charge is 2.43. The zero-order chi connectivity index (χ0) is 43.6. The van der Waals surface area contributed by atoms with Gasteiger partial charge >= 0.3 is 0 Å². The number of halogens is 1. The van der Waals surface area contributed by atoms with E-state index in [1.165, 1.54) is 6.07 Å². The number of hydrogen-bond acceptors (Lipinski definition) is 12. The molecule has 63 heavy (non-hydrogen) atoms. The molecular formula is C47H59FN10O5. The van der Waals surface area contributed by atoms with Crippen LogP contribution in [0.3, 0.4) is 0 Å². The van der Waals surface area contributed by atoms with Crippen LogP contribution in [0.5, 0.6) is 11.5 Å². The molecule has 1 saturated carbocycles. The number of fused-ring (bicyclic) bond motifs is 2. The molecule has 15 nitrogen and oxygen atoms in total. The Morgan fingerprint density at radius 3 is 2.33 bits per heavy atom. The van der Waals surface area contributed by atoms with Gasteiger partial charge in [0.2, 0.25) is 11.8 Å². The fourth-order valence-electron chi connectivity index (χ4n) is 10.7. The summed E-state index contributed by atoms with van der Waals surface area (Å²) in [4.78, 5) is 58.7. The molecule has 3 amide bonds. The van der Waals surface area contributed by atoms with E-state index < -0.39 is 17.8 Å². The standard InChI is InChI=1S/C47H59FN10O5/c1-46(2)27-54(24-29-9-15-55(16-10-29)37-6-5-31-33(43(37)62-4)26-58(45(31)61)38-7-8-41(59)51-44(38)60)19-20-57(46)25-30-11-17-56(18-12-30)40-23-36(49-28-50-40)42-32-21-39(63-47(3)13-14-47)34(48)22-35(32)52-53-42/h5-6,21-23,28-30,38H,7-20,24-27H2,1-4H3,(H,52,53)(H,51,59,60). The van der Waals surface area contributed by atoms with E-state index >= 15 is 0 Å². The Morgan fingerprint density at radius 2 is 1.62 bits per heavy atom. The molecule has 10 rings (SSSR count). The van der Waals surface area contributed by atoms with Gasteiger partial charge in [0.15, 0.2) is 11.6 Å².